The maximum Gasteiger partial charge on any atom is 0.0923 e. The lowest BCUT2D eigenvalue weighted by molar-refractivity contribution is 0.0580. The van der Waals surface area contributed by atoms with Gasteiger partial charge >= 0.3 is 0 Å². The normalized spacial score (nSPS) is 12.1. The van der Waals surface area contributed by atoms with E-state index in [2.05, 4.69) is 21.1 Å². The van der Waals surface area contributed by atoms with E-state index >= 15 is 0 Å². The molecule has 120 valence electrons. The van der Waals surface area contributed by atoms with Gasteiger partial charge in [-0.25, -0.2) is 0 Å². The molecule has 0 saturated heterocycles. The minimum absolute atomic E-state index is 0.453. The highest BCUT2D eigenvalue weighted by Crippen LogP contribution is 2.28. The van der Waals surface area contributed by atoms with Crippen molar-refractivity contribution in [2.45, 2.75) is 26.0 Å². The molecular weight excluding hydrogens is 300 g/mol. The van der Waals surface area contributed by atoms with Crippen molar-refractivity contribution in [1.29, 1.82) is 0 Å². The smallest absolute Gasteiger partial charge is 0.0923 e. The summed E-state index contributed by atoms with van der Waals surface area (Å²) >= 11 is 0. The Kier molecular flexibility index (Phi) is 3.32. The van der Waals surface area contributed by atoms with Crippen LogP contribution in [0.4, 0.5) is 0 Å². The molecule has 0 amide bonds. The predicted octanol–water partition coefficient (Wildman–Crippen LogP) is 3.42. The molecule has 24 heavy (non-hydrogen) atoms. The van der Waals surface area contributed by atoms with Crippen LogP contribution in [0.1, 0.15) is 13.8 Å². The Hall–Kier alpha value is -2.79. The maximum atomic E-state index is 9.97. The van der Waals surface area contributed by atoms with E-state index in [0.717, 1.165) is 32.9 Å². The third-order valence-electron chi connectivity index (χ3n) is 3.92. The molecule has 0 aliphatic heterocycles. The number of benzene rings is 1. The van der Waals surface area contributed by atoms with Gasteiger partial charge in [0.05, 0.1) is 23.2 Å². The first-order valence-electron chi connectivity index (χ1n) is 7.88. The summed E-state index contributed by atoms with van der Waals surface area (Å²) in [6, 6.07) is 10.0. The molecule has 0 aliphatic rings. The van der Waals surface area contributed by atoms with Crippen LogP contribution in [0.2, 0.25) is 0 Å². The Labute approximate surface area is 139 Å². The lowest BCUT2D eigenvalue weighted by Crippen LogP contribution is -2.26. The van der Waals surface area contributed by atoms with Gasteiger partial charge in [-0.3, -0.25) is 14.6 Å². The molecule has 0 saturated carbocycles. The molecule has 0 bridgehead atoms. The SMILES string of the molecule is CC(C)(O)Cn1cc2cc(-c3cncc4cccnc34)ccc2n1. The fourth-order valence-corrected chi connectivity index (χ4v) is 2.93. The summed E-state index contributed by atoms with van der Waals surface area (Å²) in [7, 11) is 0. The molecule has 3 heterocycles. The van der Waals surface area contributed by atoms with Crippen molar-refractivity contribution in [3.05, 3.63) is 55.1 Å². The van der Waals surface area contributed by atoms with Crippen molar-refractivity contribution < 1.29 is 5.11 Å². The summed E-state index contributed by atoms with van der Waals surface area (Å²) in [6.45, 7) is 4.00. The molecule has 0 aliphatic carbocycles. The molecule has 1 aromatic carbocycles. The molecule has 0 fully saturated rings. The standard InChI is InChI=1S/C19H18N4O/c1-19(2,24)12-23-11-15-8-13(5-6-17(15)22-23)16-10-20-9-14-4-3-7-21-18(14)16/h3-11,24H,12H2,1-2H3. The van der Waals surface area contributed by atoms with E-state index in [1.54, 1.807) is 24.7 Å². The molecule has 5 heteroatoms. The van der Waals surface area contributed by atoms with Crippen molar-refractivity contribution in [3.63, 3.8) is 0 Å². The van der Waals surface area contributed by atoms with Gasteiger partial charge in [-0.2, -0.15) is 5.10 Å². The van der Waals surface area contributed by atoms with Crippen LogP contribution in [0.15, 0.2) is 55.1 Å². The van der Waals surface area contributed by atoms with Gasteiger partial charge in [0.2, 0.25) is 0 Å². The Morgan fingerprint density at radius 2 is 2.00 bits per heavy atom. The van der Waals surface area contributed by atoms with Gasteiger partial charge in [0.15, 0.2) is 0 Å². The highest BCUT2D eigenvalue weighted by Gasteiger charge is 2.15. The van der Waals surface area contributed by atoms with Gasteiger partial charge in [-0.15, -0.1) is 0 Å². The molecule has 3 aromatic heterocycles. The number of fused-ring (bicyclic) bond motifs is 2. The van der Waals surface area contributed by atoms with Crippen LogP contribution in [0.3, 0.4) is 0 Å². The molecular formula is C19H18N4O. The molecule has 4 aromatic rings. The topological polar surface area (TPSA) is 63.8 Å². The van der Waals surface area contributed by atoms with E-state index in [0.29, 0.717) is 6.54 Å². The van der Waals surface area contributed by atoms with E-state index in [1.807, 2.05) is 42.9 Å². The first-order chi connectivity index (χ1) is 11.5. The third kappa shape index (κ3) is 2.74. The van der Waals surface area contributed by atoms with Gasteiger partial charge in [-0.05, 0) is 43.7 Å². The van der Waals surface area contributed by atoms with Crippen molar-refractivity contribution in [3.8, 4) is 11.1 Å². The second kappa shape index (κ2) is 5.39. The lowest BCUT2D eigenvalue weighted by atomic mass is 10.0. The van der Waals surface area contributed by atoms with Crippen LogP contribution >= 0.6 is 0 Å². The summed E-state index contributed by atoms with van der Waals surface area (Å²) < 4.78 is 1.79. The first-order valence-corrected chi connectivity index (χ1v) is 7.88. The molecule has 4 rings (SSSR count). The molecule has 0 atom stereocenters. The summed E-state index contributed by atoms with van der Waals surface area (Å²) in [5.41, 5.74) is 3.11. The molecule has 0 spiro atoms. The van der Waals surface area contributed by atoms with E-state index in [4.69, 9.17) is 0 Å². The van der Waals surface area contributed by atoms with Crippen molar-refractivity contribution >= 4 is 21.8 Å². The average molecular weight is 318 g/mol. The van der Waals surface area contributed by atoms with Crippen molar-refractivity contribution in [2.75, 3.05) is 0 Å². The van der Waals surface area contributed by atoms with Crippen LogP contribution in [0.5, 0.6) is 0 Å². The highest BCUT2D eigenvalue weighted by atomic mass is 16.3. The summed E-state index contributed by atoms with van der Waals surface area (Å²) in [4.78, 5) is 8.83. The number of nitrogens with zero attached hydrogens (tertiary/aromatic N) is 4. The largest absolute Gasteiger partial charge is 0.389 e. The average Bonchev–Trinajstić information content (AvgIpc) is 2.93. The summed E-state index contributed by atoms with van der Waals surface area (Å²) in [5.74, 6) is 0. The third-order valence-corrected chi connectivity index (χ3v) is 3.92. The van der Waals surface area contributed by atoms with Crippen LogP contribution < -0.4 is 0 Å². The minimum Gasteiger partial charge on any atom is -0.389 e. The fraction of sp³-hybridized carbons (Fsp3) is 0.211. The molecule has 0 unspecified atom stereocenters. The highest BCUT2D eigenvalue weighted by molar-refractivity contribution is 5.95. The number of aliphatic hydroxyl groups is 1. The van der Waals surface area contributed by atoms with Crippen molar-refractivity contribution in [1.82, 2.24) is 19.7 Å². The molecule has 1 N–H and O–H groups in total. The molecule has 5 nitrogen and oxygen atoms in total. The van der Waals surface area contributed by atoms with Crippen LogP contribution in [-0.2, 0) is 6.54 Å². The number of aromatic nitrogens is 4. The van der Waals surface area contributed by atoms with Gasteiger partial charge in [-0.1, -0.05) is 6.07 Å². The van der Waals surface area contributed by atoms with E-state index in [-0.39, 0.29) is 0 Å². The maximum absolute atomic E-state index is 9.97. The zero-order chi connectivity index (χ0) is 16.7. The quantitative estimate of drug-likeness (QED) is 0.628. The van der Waals surface area contributed by atoms with Crippen LogP contribution in [0.25, 0.3) is 32.9 Å². The summed E-state index contributed by atoms with van der Waals surface area (Å²) in [6.07, 6.45) is 7.43. The van der Waals surface area contributed by atoms with Gasteiger partial charge in [0.1, 0.15) is 0 Å². The predicted molar refractivity (Wildman–Crippen MR) is 94.6 cm³/mol. The Balaban J connectivity index is 1.82. The number of pyridine rings is 2. The second-order valence-electron chi connectivity index (χ2n) is 6.67. The number of hydrogen-bond donors (Lipinski definition) is 1. The Bertz CT molecular complexity index is 1030. The second-order valence-corrected chi connectivity index (χ2v) is 6.67. The Morgan fingerprint density at radius 1 is 1.12 bits per heavy atom. The fourth-order valence-electron chi connectivity index (χ4n) is 2.93. The van der Waals surface area contributed by atoms with Gasteiger partial charge < -0.3 is 5.11 Å². The van der Waals surface area contributed by atoms with Crippen molar-refractivity contribution in [2.24, 2.45) is 0 Å². The zero-order valence-electron chi connectivity index (χ0n) is 13.6. The van der Waals surface area contributed by atoms with E-state index < -0.39 is 5.60 Å². The van der Waals surface area contributed by atoms with Gasteiger partial charge in [0, 0.05) is 41.1 Å². The van der Waals surface area contributed by atoms with Crippen LogP contribution in [-0.4, -0.2) is 30.5 Å². The monoisotopic (exact) mass is 318 g/mol. The molecule has 0 radical (unpaired) electrons. The lowest BCUT2D eigenvalue weighted by Gasteiger charge is -2.16. The first kappa shape index (κ1) is 14.8. The number of hydrogen-bond acceptors (Lipinski definition) is 4. The zero-order valence-corrected chi connectivity index (χ0v) is 13.6. The Morgan fingerprint density at radius 3 is 2.83 bits per heavy atom. The van der Waals surface area contributed by atoms with E-state index in [9.17, 15) is 5.11 Å². The number of rotatable bonds is 3. The van der Waals surface area contributed by atoms with E-state index in [1.165, 1.54) is 0 Å². The van der Waals surface area contributed by atoms with Crippen LogP contribution in [0, 0.1) is 0 Å². The summed E-state index contributed by atoms with van der Waals surface area (Å²) in [5, 5.41) is 16.5. The minimum atomic E-state index is -0.797. The van der Waals surface area contributed by atoms with Gasteiger partial charge in [0.25, 0.3) is 0 Å².